The van der Waals surface area contributed by atoms with Crippen molar-refractivity contribution in [2.24, 2.45) is 0 Å². The van der Waals surface area contributed by atoms with Crippen LogP contribution in [0.4, 0.5) is 0 Å². The molecule has 0 atom stereocenters. The van der Waals surface area contributed by atoms with Crippen molar-refractivity contribution < 1.29 is 4.74 Å². The number of benzene rings is 3. The minimum absolute atomic E-state index is 0.0382. The standard InChI is InChI=1S/C22H15N5O2/c28-22-17-8-1-2-9-18(17)25-26-27(22)14-29-16-7-5-6-15(12-16)21-13-23-19-10-3-4-11-20(19)24-21/h1-13H,14H2. The highest BCUT2D eigenvalue weighted by molar-refractivity contribution is 5.77. The summed E-state index contributed by atoms with van der Waals surface area (Å²) in [7, 11) is 0. The van der Waals surface area contributed by atoms with Crippen LogP contribution in [0, 0.1) is 0 Å². The Balaban J connectivity index is 1.41. The Morgan fingerprint density at radius 3 is 2.55 bits per heavy atom. The average Bonchev–Trinajstić information content (AvgIpc) is 2.79. The molecule has 0 spiro atoms. The van der Waals surface area contributed by atoms with E-state index in [1.807, 2.05) is 54.6 Å². The molecule has 2 aromatic heterocycles. The summed E-state index contributed by atoms with van der Waals surface area (Å²) in [5.74, 6) is 0.597. The topological polar surface area (TPSA) is 82.8 Å². The van der Waals surface area contributed by atoms with Crippen molar-refractivity contribution in [2.75, 3.05) is 0 Å². The summed E-state index contributed by atoms with van der Waals surface area (Å²) in [5.41, 5.74) is 3.61. The molecule has 0 aliphatic heterocycles. The zero-order valence-corrected chi connectivity index (χ0v) is 15.3. The Morgan fingerprint density at radius 2 is 1.66 bits per heavy atom. The molecule has 0 saturated heterocycles. The summed E-state index contributed by atoms with van der Waals surface area (Å²) >= 11 is 0. The van der Waals surface area contributed by atoms with Gasteiger partial charge in [-0.05, 0) is 36.4 Å². The van der Waals surface area contributed by atoms with E-state index in [-0.39, 0.29) is 12.3 Å². The van der Waals surface area contributed by atoms with Gasteiger partial charge in [0.15, 0.2) is 6.73 Å². The number of ether oxygens (including phenoxy) is 1. The third kappa shape index (κ3) is 3.29. The number of hydrogen-bond donors (Lipinski definition) is 0. The minimum atomic E-state index is -0.243. The molecule has 0 radical (unpaired) electrons. The third-order valence-electron chi connectivity index (χ3n) is 4.56. The van der Waals surface area contributed by atoms with Crippen LogP contribution in [0.3, 0.4) is 0 Å². The summed E-state index contributed by atoms with van der Waals surface area (Å²) in [6, 6.07) is 22.3. The van der Waals surface area contributed by atoms with E-state index in [4.69, 9.17) is 4.74 Å². The van der Waals surface area contributed by atoms with Gasteiger partial charge >= 0.3 is 0 Å². The van der Waals surface area contributed by atoms with E-state index >= 15 is 0 Å². The first kappa shape index (κ1) is 17.0. The van der Waals surface area contributed by atoms with E-state index in [1.165, 1.54) is 4.68 Å². The molecule has 29 heavy (non-hydrogen) atoms. The molecule has 0 aliphatic rings. The zero-order chi connectivity index (χ0) is 19.6. The van der Waals surface area contributed by atoms with Crippen molar-refractivity contribution in [3.63, 3.8) is 0 Å². The van der Waals surface area contributed by atoms with E-state index in [0.717, 1.165) is 22.3 Å². The molecule has 5 aromatic rings. The lowest BCUT2D eigenvalue weighted by Crippen LogP contribution is -2.26. The largest absolute Gasteiger partial charge is 0.471 e. The molecule has 0 N–H and O–H groups in total. The van der Waals surface area contributed by atoms with Gasteiger partial charge < -0.3 is 4.74 Å². The van der Waals surface area contributed by atoms with Gasteiger partial charge in [0, 0.05) is 5.56 Å². The van der Waals surface area contributed by atoms with E-state index in [2.05, 4.69) is 20.3 Å². The molecule has 0 aliphatic carbocycles. The highest BCUT2D eigenvalue weighted by Gasteiger charge is 2.07. The van der Waals surface area contributed by atoms with Gasteiger partial charge in [-0.3, -0.25) is 9.78 Å². The first-order valence-electron chi connectivity index (χ1n) is 9.05. The molecule has 5 rings (SSSR count). The fraction of sp³-hybridized carbons (Fsp3) is 0.0455. The van der Waals surface area contributed by atoms with Crippen LogP contribution >= 0.6 is 0 Å². The monoisotopic (exact) mass is 381 g/mol. The van der Waals surface area contributed by atoms with Crippen LogP contribution in [0.15, 0.2) is 83.8 Å². The Morgan fingerprint density at radius 1 is 0.862 bits per heavy atom. The fourth-order valence-corrected chi connectivity index (χ4v) is 3.09. The van der Waals surface area contributed by atoms with Crippen LogP contribution in [-0.2, 0) is 6.73 Å². The Hall–Kier alpha value is -4.13. The summed E-state index contributed by atoms with van der Waals surface area (Å²) in [4.78, 5) is 21.6. The molecule has 0 saturated carbocycles. The summed E-state index contributed by atoms with van der Waals surface area (Å²) in [5, 5.41) is 8.51. The van der Waals surface area contributed by atoms with Crippen molar-refractivity contribution in [3.05, 3.63) is 89.3 Å². The fourth-order valence-electron chi connectivity index (χ4n) is 3.09. The van der Waals surface area contributed by atoms with E-state index in [9.17, 15) is 4.79 Å². The number of aromatic nitrogens is 5. The molecule has 0 unspecified atom stereocenters. The molecule has 0 bridgehead atoms. The number of fused-ring (bicyclic) bond motifs is 2. The Bertz CT molecular complexity index is 1400. The molecule has 7 nitrogen and oxygen atoms in total. The van der Waals surface area contributed by atoms with Crippen LogP contribution in [0.2, 0.25) is 0 Å². The van der Waals surface area contributed by atoms with Crippen LogP contribution in [0.5, 0.6) is 5.75 Å². The maximum Gasteiger partial charge on any atom is 0.280 e. The van der Waals surface area contributed by atoms with E-state index in [1.54, 1.807) is 24.4 Å². The third-order valence-corrected chi connectivity index (χ3v) is 4.56. The second-order valence-corrected chi connectivity index (χ2v) is 6.46. The molecular weight excluding hydrogens is 366 g/mol. The first-order chi connectivity index (χ1) is 14.3. The second-order valence-electron chi connectivity index (χ2n) is 6.46. The lowest BCUT2D eigenvalue weighted by molar-refractivity contribution is 0.211. The maximum atomic E-state index is 12.5. The molecule has 3 aromatic carbocycles. The van der Waals surface area contributed by atoms with Gasteiger partial charge in [-0.2, -0.15) is 4.68 Å². The normalized spacial score (nSPS) is 11.0. The SMILES string of the molecule is O=c1c2ccccc2nnn1COc1cccc(-c2cnc3ccccc3n2)c1. The summed E-state index contributed by atoms with van der Waals surface area (Å²) in [6.07, 6.45) is 1.74. The van der Waals surface area contributed by atoms with Crippen LogP contribution < -0.4 is 10.3 Å². The van der Waals surface area contributed by atoms with Gasteiger partial charge in [-0.15, -0.1) is 5.10 Å². The van der Waals surface area contributed by atoms with Crippen molar-refractivity contribution in [1.82, 2.24) is 25.0 Å². The van der Waals surface area contributed by atoms with Gasteiger partial charge in [0.05, 0.1) is 28.3 Å². The molecular formula is C22H15N5O2. The van der Waals surface area contributed by atoms with Gasteiger partial charge in [0.1, 0.15) is 11.3 Å². The zero-order valence-electron chi connectivity index (χ0n) is 15.3. The molecule has 140 valence electrons. The van der Waals surface area contributed by atoms with Crippen LogP contribution in [-0.4, -0.2) is 25.0 Å². The second kappa shape index (κ2) is 7.12. The summed E-state index contributed by atoms with van der Waals surface area (Å²) in [6.45, 7) is -0.0382. The number of nitrogens with zero attached hydrogens (tertiary/aromatic N) is 5. The van der Waals surface area contributed by atoms with Gasteiger partial charge in [-0.25, -0.2) is 4.98 Å². The van der Waals surface area contributed by atoms with Crippen molar-refractivity contribution in [3.8, 4) is 17.0 Å². The number of rotatable bonds is 4. The highest BCUT2D eigenvalue weighted by Crippen LogP contribution is 2.23. The van der Waals surface area contributed by atoms with Gasteiger partial charge in [0.2, 0.25) is 0 Å². The molecule has 0 fully saturated rings. The lowest BCUT2D eigenvalue weighted by Gasteiger charge is -2.09. The van der Waals surface area contributed by atoms with Crippen molar-refractivity contribution in [2.45, 2.75) is 6.73 Å². The molecule has 0 amide bonds. The number of para-hydroxylation sites is 2. The van der Waals surface area contributed by atoms with Crippen molar-refractivity contribution in [1.29, 1.82) is 0 Å². The van der Waals surface area contributed by atoms with E-state index in [0.29, 0.717) is 16.7 Å². The summed E-state index contributed by atoms with van der Waals surface area (Å²) < 4.78 is 6.98. The van der Waals surface area contributed by atoms with Crippen LogP contribution in [0.25, 0.3) is 33.2 Å². The maximum absolute atomic E-state index is 12.5. The van der Waals surface area contributed by atoms with Crippen molar-refractivity contribution >= 4 is 21.9 Å². The Labute approximate surface area is 165 Å². The number of hydrogen-bond acceptors (Lipinski definition) is 6. The lowest BCUT2D eigenvalue weighted by atomic mass is 10.1. The molecule has 7 heteroatoms. The minimum Gasteiger partial charge on any atom is -0.471 e. The smallest absolute Gasteiger partial charge is 0.280 e. The predicted octanol–water partition coefficient (Wildman–Crippen LogP) is 3.44. The van der Waals surface area contributed by atoms with Gasteiger partial charge in [0.25, 0.3) is 5.56 Å². The Kier molecular flexibility index (Phi) is 4.18. The predicted molar refractivity (Wildman–Crippen MR) is 109 cm³/mol. The van der Waals surface area contributed by atoms with Gasteiger partial charge in [-0.1, -0.05) is 41.6 Å². The van der Waals surface area contributed by atoms with E-state index < -0.39 is 0 Å². The quantitative estimate of drug-likeness (QED) is 0.474. The first-order valence-corrected chi connectivity index (χ1v) is 9.05. The average molecular weight is 381 g/mol. The highest BCUT2D eigenvalue weighted by atomic mass is 16.5. The molecule has 2 heterocycles. The van der Waals surface area contributed by atoms with Crippen LogP contribution in [0.1, 0.15) is 0 Å².